The van der Waals surface area contributed by atoms with Crippen molar-refractivity contribution in [3.05, 3.63) is 34.9 Å². The summed E-state index contributed by atoms with van der Waals surface area (Å²) in [6.45, 7) is 10.7. The van der Waals surface area contributed by atoms with E-state index in [1.165, 1.54) is 16.7 Å². The van der Waals surface area contributed by atoms with Gasteiger partial charge in [0.2, 0.25) is 0 Å². The van der Waals surface area contributed by atoms with Gasteiger partial charge >= 0.3 is 0 Å². The van der Waals surface area contributed by atoms with Crippen molar-refractivity contribution in [1.29, 1.82) is 0 Å². The Morgan fingerprint density at radius 2 is 1.67 bits per heavy atom. The van der Waals surface area contributed by atoms with Crippen molar-refractivity contribution in [1.82, 2.24) is 0 Å². The van der Waals surface area contributed by atoms with E-state index in [2.05, 4.69) is 52.8 Å². The monoisotopic (exact) mass is 164 g/mol. The number of hydrogen-bond donors (Lipinski definition) is 0. The summed E-state index contributed by atoms with van der Waals surface area (Å²) in [5.74, 6) is 0. The minimum atomic E-state index is 1.13. The third-order valence-electron chi connectivity index (χ3n) is 1.76. The van der Waals surface area contributed by atoms with Gasteiger partial charge in [0.25, 0.3) is 0 Å². The van der Waals surface area contributed by atoms with Gasteiger partial charge in [-0.15, -0.1) is 0 Å². The molecule has 68 valence electrons. The van der Waals surface area contributed by atoms with E-state index in [4.69, 9.17) is 0 Å². The normalized spacial score (nSPS) is 13.1. The van der Waals surface area contributed by atoms with Crippen molar-refractivity contribution in [2.45, 2.75) is 41.0 Å². The zero-order chi connectivity index (χ0) is 9.56. The lowest BCUT2D eigenvalue weighted by atomic mass is 10.1. The highest BCUT2D eigenvalue weighted by Crippen LogP contribution is 2.08. The second-order valence-corrected chi connectivity index (χ2v) is 3.35. The van der Waals surface area contributed by atoms with Gasteiger partial charge in [0.1, 0.15) is 0 Å². The van der Waals surface area contributed by atoms with Crippen LogP contribution in [0.5, 0.6) is 0 Å². The third kappa shape index (κ3) is 4.95. The Labute approximate surface area is 76.7 Å². The molecule has 12 heavy (non-hydrogen) atoms. The first-order chi connectivity index (χ1) is 5.60. The molecular weight excluding hydrogens is 144 g/mol. The van der Waals surface area contributed by atoms with E-state index in [0.29, 0.717) is 0 Å². The maximum atomic E-state index is 2.24. The Morgan fingerprint density at radius 3 is 2.00 bits per heavy atom. The van der Waals surface area contributed by atoms with E-state index in [1.54, 1.807) is 0 Å². The zero-order valence-electron chi connectivity index (χ0n) is 8.94. The maximum Gasteiger partial charge on any atom is -0.0301 e. The summed E-state index contributed by atoms with van der Waals surface area (Å²) < 4.78 is 0. The van der Waals surface area contributed by atoms with Crippen molar-refractivity contribution < 1.29 is 0 Å². The quantitative estimate of drug-likeness (QED) is 0.547. The molecule has 0 spiro atoms. The highest BCUT2D eigenvalue weighted by molar-refractivity contribution is 5.34. The highest BCUT2D eigenvalue weighted by Gasteiger charge is 1.88. The molecule has 0 bridgehead atoms. The molecule has 0 aliphatic carbocycles. The van der Waals surface area contributed by atoms with Gasteiger partial charge in [-0.05, 0) is 39.7 Å². The van der Waals surface area contributed by atoms with Gasteiger partial charge in [0, 0.05) is 0 Å². The number of rotatable bonds is 3. The molecule has 0 aromatic rings. The van der Waals surface area contributed by atoms with E-state index in [1.807, 2.05) is 0 Å². The van der Waals surface area contributed by atoms with Crippen molar-refractivity contribution >= 4 is 0 Å². The Hall–Kier alpha value is -0.780. The summed E-state index contributed by atoms with van der Waals surface area (Å²) in [7, 11) is 0. The Bertz CT molecular complexity index is 210. The Balaban J connectivity index is 4.51. The summed E-state index contributed by atoms with van der Waals surface area (Å²) >= 11 is 0. The van der Waals surface area contributed by atoms with Crippen LogP contribution in [0.2, 0.25) is 0 Å². The fraction of sp³-hybridized carbons (Fsp3) is 0.500. The molecule has 0 heterocycles. The van der Waals surface area contributed by atoms with Crippen LogP contribution >= 0.6 is 0 Å². The fourth-order valence-corrected chi connectivity index (χ4v) is 0.928. The van der Waals surface area contributed by atoms with Crippen LogP contribution in [0, 0.1) is 0 Å². The van der Waals surface area contributed by atoms with Crippen molar-refractivity contribution in [3.8, 4) is 0 Å². The smallest absolute Gasteiger partial charge is 0.0301 e. The van der Waals surface area contributed by atoms with E-state index in [9.17, 15) is 0 Å². The molecule has 0 heteroatoms. The molecule has 0 aromatic carbocycles. The van der Waals surface area contributed by atoms with E-state index >= 15 is 0 Å². The van der Waals surface area contributed by atoms with Crippen LogP contribution in [-0.4, -0.2) is 0 Å². The summed E-state index contributed by atoms with van der Waals surface area (Å²) in [6, 6.07) is 0. The molecule has 0 aromatic heterocycles. The van der Waals surface area contributed by atoms with E-state index in [0.717, 1.165) is 6.42 Å². The van der Waals surface area contributed by atoms with Crippen LogP contribution in [0.15, 0.2) is 34.9 Å². The molecule has 0 N–H and O–H groups in total. The van der Waals surface area contributed by atoms with Crippen molar-refractivity contribution in [3.63, 3.8) is 0 Å². The number of hydrogen-bond acceptors (Lipinski definition) is 0. The van der Waals surface area contributed by atoms with Crippen LogP contribution in [-0.2, 0) is 0 Å². The highest BCUT2D eigenvalue weighted by atomic mass is 13.9. The predicted molar refractivity (Wildman–Crippen MR) is 57.2 cm³/mol. The topological polar surface area (TPSA) is 0 Å². The summed E-state index contributed by atoms with van der Waals surface area (Å²) in [5.41, 5.74) is 4.10. The van der Waals surface area contributed by atoms with Gasteiger partial charge in [-0.2, -0.15) is 0 Å². The van der Waals surface area contributed by atoms with Crippen LogP contribution in [0.1, 0.15) is 41.0 Å². The second-order valence-electron chi connectivity index (χ2n) is 3.35. The van der Waals surface area contributed by atoms with Crippen LogP contribution < -0.4 is 0 Å². The lowest BCUT2D eigenvalue weighted by molar-refractivity contribution is 1.09. The molecular formula is C12H20. The molecule has 0 rings (SSSR count). The minimum absolute atomic E-state index is 1.13. The maximum absolute atomic E-state index is 2.24. The lowest BCUT2D eigenvalue weighted by Gasteiger charge is -1.98. The molecule has 0 fully saturated rings. The van der Waals surface area contributed by atoms with Crippen LogP contribution in [0.4, 0.5) is 0 Å². The Kier molecular flexibility index (Phi) is 5.44. The van der Waals surface area contributed by atoms with Gasteiger partial charge < -0.3 is 0 Å². The van der Waals surface area contributed by atoms with E-state index < -0.39 is 0 Å². The standard InChI is InChI=1S/C12H20/c1-6-11(5)9-12(7-2)8-10(3)4/h7-9H,6H2,1-5H3. The molecule has 0 nitrogen and oxygen atoms in total. The zero-order valence-corrected chi connectivity index (χ0v) is 8.94. The van der Waals surface area contributed by atoms with Crippen molar-refractivity contribution in [2.75, 3.05) is 0 Å². The molecule has 0 aliphatic heterocycles. The SMILES string of the molecule is CC=C(C=C(C)C)C=C(C)CC. The minimum Gasteiger partial charge on any atom is -0.0804 e. The molecule has 0 aliphatic rings. The van der Waals surface area contributed by atoms with Gasteiger partial charge in [-0.25, -0.2) is 0 Å². The Morgan fingerprint density at radius 1 is 1.08 bits per heavy atom. The van der Waals surface area contributed by atoms with Gasteiger partial charge in [0.15, 0.2) is 0 Å². The lowest BCUT2D eigenvalue weighted by Crippen LogP contribution is -1.77. The van der Waals surface area contributed by atoms with Crippen LogP contribution in [0.3, 0.4) is 0 Å². The molecule has 0 saturated carbocycles. The molecule has 0 atom stereocenters. The summed E-state index contributed by atoms with van der Waals surface area (Å²) in [6.07, 6.45) is 7.73. The van der Waals surface area contributed by atoms with Gasteiger partial charge in [0.05, 0.1) is 0 Å². The first-order valence-electron chi connectivity index (χ1n) is 4.58. The fourth-order valence-electron chi connectivity index (χ4n) is 0.928. The van der Waals surface area contributed by atoms with Gasteiger partial charge in [-0.3, -0.25) is 0 Å². The largest absolute Gasteiger partial charge is 0.0804 e. The first kappa shape index (κ1) is 11.2. The number of allylic oxidation sites excluding steroid dienone is 6. The van der Waals surface area contributed by atoms with Gasteiger partial charge in [-0.1, -0.05) is 36.3 Å². The summed E-state index contributed by atoms with van der Waals surface area (Å²) in [5, 5.41) is 0. The van der Waals surface area contributed by atoms with E-state index in [-0.39, 0.29) is 0 Å². The average Bonchev–Trinajstić information content (AvgIpc) is 2.02. The second kappa shape index (κ2) is 5.82. The molecule has 0 amide bonds. The average molecular weight is 164 g/mol. The summed E-state index contributed by atoms with van der Waals surface area (Å²) in [4.78, 5) is 0. The molecule has 0 radical (unpaired) electrons. The molecule has 0 unspecified atom stereocenters. The van der Waals surface area contributed by atoms with Crippen molar-refractivity contribution in [2.24, 2.45) is 0 Å². The first-order valence-corrected chi connectivity index (χ1v) is 4.58. The van der Waals surface area contributed by atoms with Crippen LogP contribution in [0.25, 0.3) is 0 Å². The predicted octanol–water partition coefficient (Wildman–Crippen LogP) is 4.26. The molecule has 0 saturated heterocycles. The third-order valence-corrected chi connectivity index (χ3v) is 1.76.